The molecule has 1 aromatic rings. The maximum Gasteiger partial charge on any atom is 0.199 e. The second-order valence-corrected chi connectivity index (χ2v) is 3.50. The zero-order chi connectivity index (χ0) is 12.8. The molecule has 0 spiro atoms. The van der Waals surface area contributed by atoms with Crippen molar-refractivity contribution in [2.45, 2.75) is 33.4 Å². The van der Waals surface area contributed by atoms with Crippen molar-refractivity contribution in [2.75, 3.05) is 6.61 Å². The van der Waals surface area contributed by atoms with Crippen molar-refractivity contribution in [3.63, 3.8) is 0 Å². The molecule has 0 saturated heterocycles. The monoisotopic (exact) mass is 242 g/mol. The van der Waals surface area contributed by atoms with Crippen molar-refractivity contribution in [3.8, 4) is 17.2 Å². The first-order chi connectivity index (χ1) is 8.02. The highest BCUT2D eigenvalue weighted by atomic mass is 16.8. The van der Waals surface area contributed by atoms with Crippen LogP contribution in [0.15, 0.2) is 18.2 Å². The molecule has 5 nitrogen and oxygen atoms in total. The normalized spacial score (nSPS) is 14.3. The van der Waals surface area contributed by atoms with Crippen LogP contribution in [0.1, 0.15) is 20.8 Å². The van der Waals surface area contributed by atoms with Gasteiger partial charge >= 0.3 is 0 Å². The van der Waals surface area contributed by atoms with Crippen molar-refractivity contribution in [1.29, 1.82) is 0 Å². The van der Waals surface area contributed by atoms with Crippen LogP contribution in [0.25, 0.3) is 0 Å². The number of phenolic OH excluding ortho intramolecular Hbond substituents is 2. The van der Waals surface area contributed by atoms with E-state index in [4.69, 9.17) is 14.2 Å². The molecule has 2 unspecified atom stereocenters. The molecule has 0 heterocycles. The Morgan fingerprint density at radius 2 is 1.88 bits per heavy atom. The lowest BCUT2D eigenvalue weighted by Gasteiger charge is -2.20. The van der Waals surface area contributed by atoms with E-state index in [0.717, 1.165) is 0 Å². The van der Waals surface area contributed by atoms with Gasteiger partial charge in [-0.1, -0.05) is 0 Å². The third-order valence-corrected chi connectivity index (χ3v) is 2.02. The first-order valence-electron chi connectivity index (χ1n) is 5.48. The maximum atomic E-state index is 9.50. The average molecular weight is 242 g/mol. The Morgan fingerprint density at radius 3 is 2.53 bits per heavy atom. The Kier molecular flexibility index (Phi) is 5.06. The second kappa shape index (κ2) is 6.32. The highest BCUT2D eigenvalue weighted by Crippen LogP contribution is 2.30. The van der Waals surface area contributed by atoms with E-state index in [9.17, 15) is 10.2 Å². The van der Waals surface area contributed by atoms with E-state index in [-0.39, 0.29) is 17.2 Å². The highest BCUT2D eigenvalue weighted by Gasteiger charge is 2.12. The number of hydrogen-bond acceptors (Lipinski definition) is 5. The summed E-state index contributed by atoms with van der Waals surface area (Å²) >= 11 is 0. The fourth-order valence-electron chi connectivity index (χ4n) is 1.35. The minimum absolute atomic E-state index is 0.0165. The van der Waals surface area contributed by atoms with Gasteiger partial charge in [0, 0.05) is 12.7 Å². The van der Waals surface area contributed by atoms with Gasteiger partial charge in [-0.2, -0.15) is 0 Å². The first kappa shape index (κ1) is 13.6. The van der Waals surface area contributed by atoms with Crippen molar-refractivity contribution in [2.24, 2.45) is 0 Å². The van der Waals surface area contributed by atoms with Gasteiger partial charge in [-0.05, 0) is 32.9 Å². The van der Waals surface area contributed by atoms with Crippen molar-refractivity contribution in [3.05, 3.63) is 18.2 Å². The highest BCUT2D eigenvalue weighted by molar-refractivity contribution is 5.43. The molecule has 0 aromatic heterocycles. The van der Waals surface area contributed by atoms with Gasteiger partial charge in [0.05, 0.1) is 0 Å². The predicted octanol–water partition coefficient (Wildman–Crippen LogP) is 2.22. The summed E-state index contributed by atoms with van der Waals surface area (Å²) in [5.74, 6) is 0.131. The zero-order valence-electron chi connectivity index (χ0n) is 10.2. The summed E-state index contributed by atoms with van der Waals surface area (Å²) in [7, 11) is 0. The molecule has 0 saturated carbocycles. The summed E-state index contributed by atoms with van der Waals surface area (Å²) in [5, 5.41) is 18.8. The topological polar surface area (TPSA) is 68.2 Å². The van der Waals surface area contributed by atoms with E-state index >= 15 is 0 Å². The van der Waals surface area contributed by atoms with E-state index in [2.05, 4.69) is 0 Å². The third kappa shape index (κ3) is 4.50. The molecule has 2 N–H and O–H groups in total. The molecular weight excluding hydrogens is 224 g/mol. The summed E-state index contributed by atoms with van der Waals surface area (Å²) < 4.78 is 15.9. The van der Waals surface area contributed by atoms with Crippen LogP contribution in [0.2, 0.25) is 0 Å². The van der Waals surface area contributed by atoms with Crippen LogP contribution in [0, 0.1) is 0 Å². The molecule has 0 aliphatic heterocycles. The van der Waals surface area contributed by atoms with Gasteiger partial charge in [-0.15, -0.1) is 0 Å². The standard InChI is InChI=1S/C12H18O5/c1-4-15-8(2)16-9(3)17-12-7-10(13)5-6-11(12)14/h5-9,13-14H,4H2,1-3H3. The van der Waals surface area contributed by atoms with Gasteiger partial charge in [0.15, 0.2) is 24.1 Å². The summed E-state index contributed by atoms with van der Waals surface area (Å²) in [6, 6.07) is 4.04. The molecule has 0 aliphatic rings. The molecule has 0 amide bonds. The van der Waals surface area contributed by atoms with Crippen molar-refractivity contribution >= 4 is 0 Å². The molecule has 0 fully saturated rings. The van der Waals surface area contributed by atoms with E-state index in [1.165, 1.54) is 18.2 Å². The van der Waals surface area contributed by atoms with Gasteiger partial charge in [-0.25, -0.2) is 0 Å². The van der Waals surface area contributed by atoms with E-state index in [0.29, 0.717) is 6.61 Å². The number of aromatic hydroxyl groups is 2. The van der Waals surface area contributed by atoms with Crippen LogP contribution in [-0.4, -0.2) is 29.4 Å². The molecule has 1 aromatic carbocycles. The van der Waals surface area contributed by atoms with E-state index in [1.807, 2.05) is 6.92 Å². The van der Waals surface area contributed by atoms with Gasteiger partial charge in [-0.3, -0.25) is 0 Å². The summed E-state index contributed by atoms with van der Waals surface area (Å²) in [6.45, 7) is 5.85. The van der Waals surface area contributed by atoms with E-state index < -0.39 is 12.6 Å². The van der Waals surface area contributed by atoms with Gasteiger partial charge < -0.3 is 24.4 Å². The fourth-order valence-corrected chi connectivity index (χ4v) is 1.35. The summed E-state index contributed by atoms with van der Waals surface area (Å²) in [4.78, 5) is 0. The van der Waals surface area contributed by atoms with Crippen LogP contribution < -0.4 is 4.74 Å². The van der Waals surface area contributed by atoms with Crippen LogP contribution in [0.3, 0.4) is 0 Å². The average Bonchev–Trinajstić information content (AvgIpc) is 2.23. The molecule has 1 rings (SSSR count). The lowest BCUT2D eigenvalue weighted by molar-refractivity contribution is -0.202. The zero-order valence-corrected chi connectivity index (χ0v) is 10.2. The number of hydrogen-bond donors (Lipinski definition) is 2. The summed E-state index contributed by atoms with van der Waals surface area (Å²) in [6.07, 6.45) is -0.987. The predicted molar refractivity (Wildman–Crippen MR) is 62.0 cm³/mol. The molecule has 0 radical (unpaired) electrons. The Bertz CT molecular complexity index is 353. The smallest absolute Gasteiger partial charge is 0.199 e. The summed E-state index contributed by atoms with van der Waals surface area (Å²) in [5.41, 5.74) is 0. The number of ether oxygens (including phenoxy) is 3. The van der Waals surface area contributed by atoms with E-state index in [1.54, 1.807) is 13.8 Å². The molecule has 5 heteroatoms. The van der Waals surface area contributed by atoms with Gasteiger partial charge in [0.2, 0.25) is 0 Å². The molecule has 17 heavy (non-hydrogen) atoms. The van der Waals surface area contributed by atoms with Crippen LogP contribution in [0.4, 0.5) is 0 Å². The SMILES string of the molecule is CCOC(C)OC(C)Oc1cc(O)ccc1O. The van der Waals surface area contributed by atoms with Gasteiger partial charge in [0.25, 0.3) is 0 Å². The minimum Gasteiger partial charge on any atom is -0.508 e. The first-order valence-corrected chi connectivity index (χ1v) is 5.48. The lowest BCUT2D eigenvalue weighted by Crippen LogP contribution is -2.24. The van der Waals surface area contributed by atoms with Gasteiger partial charge in [0.1, 0.15) is 5.75 Å². The Morgan fingerprint density at radius 1 is 1.18 bits per heavy atom. The van der Waals surface area contributed by atoms with Crippen LogP contribution in [-0.2, 0) is 9.47 Å². The van der Waals surface area contributed by atoms with Crippen LogP contribution >= 0.6 is 0 Å². The minimum atomic E-state index is -0.593. The third-order valence-electron chi connectivity index (χ3n) is 2.02. The molecule has 0 aliphatic carbocycles. The number of phenols is 2. The lowest BCUT2D eigenvalue weighted by atomic mass is 10.3. The molecule has 0 bridgehead atoms. The number of benzene rings is 1. The molecular formula is C12H18O5. The largest absolute Gasteiger partial charge is 0.508 e. The van der Waals surface area contributed by atoms with Crippen molar-refractivity contribution in [1.82, 2.24) is 0 Å². The Balaban J connectivity index is 2.55. The van der Waals surface area contributed by atoms with Crippen LogP contribution in [0.5, 0.6) is 17.2 Å². The quantitative estimate of drug-likeness (QED) is 0.591. The fraction of sp³-hybridized carbons (Fsp3) is 0.500. The number of rotatable bonds is 6. The maximum absolute atomic E-state index is 9.50. The Hall–Kier alpha value is -1.46. The Labute approximate surface area is 101 Å². The second-order valence-electron chi connectivity index (χ2n) is 3.50. The molecule has 2 atom stereocenters. The van der Waals surface area contributed by atoms with Crippen molar-refractivity contribution < 1.29 is 24.4 Å². The molecule has 96 valence electrons.